The van der Waals surface area contributed by atoms with Crippen LogP contribution < -0.4 is 0 Å². The van der Waals surface area contributed by atoms with Crippen molar-refractivity contribution in [1.29, 1.82) is 0 Å². The highest BCUT2D eigenvalue weighted by atomic mass is 79.9. The van der Waals surface area contributed by atoms with Gasteiger partial charge in [-0.2, -0.15) is 4.31 Å². The lowest BCUT2D eigenvalue weighted by molar-refractivity contribution is 0.248. The summed E-state index contributed by atoms with van der Waals surface area (Å²) in [6.07, 6.45) is 0. The smallest absolute Gasteiger partial charge is 0.243 e. The number of rotatable bonds is 3. The Hall–Kier alpha value is -0.690. The second-order valence-corrected chi connectivity index (χ2v) is 7.07. The van der Waals surface area contributed by atoms with Crippen molar-refractivity contribution in [2.45, 2.75) is 11.8 Å². The molecule has 2 rings (SSSR count). The third-order valence-electron chi connectivity index (χ3n) is 3.33. The molecule has 1 aliphatic heterocycles. The summed E-state index contributed by atoms with van der Waals surface area (Å²) in [5, 5.41) is 9.27. The zero-order valence-corrected chi connectivity index (χ0v) is 13.0. The van der Waals surface area contributed by atoms with Gasteiger partial charge in [0.1, 0.15) is 0 Å². The Bertz CT molecular complexity index is 580. The maximum Gasteiger partial charge on any atom is 0.243 e. The molecule has 0 amide bonds. The van der Waals surface area contributed by atoms with Crippen LogP contribution in [0, 0.1) is 12.8 Å². The SMILES string of the molecule is Cc1ccc(S(=O)(=O)N2C/C(=C\Br)C(CO)C2)cc1. The molecule has 1 fully saturated rings. The topological polar surface area (TPSA) is 57.6 Å². The van der Waals surface area contributed by atoms with Gasteiger partial charge in [0.2, 0.25) is 10.0 Å². The molecule has 0 aliphatic carbocycles. The lowest BCUT2D eigenvalue weighted by atomic mass is 10.1. The fourth-order valence-corrected chi connectivity index (χ4v) is 4.09. The van der Waals surface area contributed by atoms with E-state index >= 15 is 0 Å². The molecule has 1 N–H and O–H groups in total. The molecule has 4 nitrogen and oxygen atoms in total. The first-order chi connectivity index (χ1) is 8.98. The monoisotopic (exact) mass is 345 g/mol. The zero-order valence-electron chi connectivity index (χ0n) is 10.6. The largest absolute Gasteiger partial charge is 0.396 e. The van der Waals surface area contributed by atoms with Gasteiger partial charge in [-0.15, -0.1) is 0 Å². The summed E-state index contributed by atoms with van der Waals surface area (Å²) < 4.78 is 26.3. The van der Waals surface area contributed by atoms with Crippen molar-refractivity contribution < 1.29 is 13.5 Å². The van der Waals surface area contributed by atoms with E-state index in [1.165, 1.54) is 4.31 Å². The molecule has 104 valence electrons. The van der Waals surface area contributed by atoms with Gasteiger partial charge in [0, 0.05) is 19.0 Å². The minimum atomic E-state index is -3.48. The number of aryl methyl sites for hydroxylation is 1. The van der Waals surface area contributed by atoms with Gasteiger partial charge in [-0.05, 0) is 29.6 Å². The summed E-state index contributed by atoms with van der Waals surface area (Å²) in [5.74, 6) is -0.125. The van der Waals surface area contributed by atoms with E-state index in [9.17, 15) is 13.5 Å². The molecule has 0 saturated carbocycles. The maximum atomic E-state index is 12.5. The molecule has 0 bridgehead atoms. The van der Waals surface area contributed by atoms with E-state index in [2.05, 4.69) is 15.9 Å². The van der Waals surface area contributed by atoms with E-state index in [0.717, 1.165) is 11.1 Å². The molecule has 1 aliphatic rings. The summed E-state index contributed by atoms with van der Waals surface area (Å²) in [4.78, 5) is 2.00. The molecule has 1 saturated heterocycles. The van der Waals surface area contributed by atoms with Gasteiger partial charge < -0.3 is 5.11 Å². The average molecular weight is 346 g/mol. The van der Waals surface area contributed by atoms with Crippen molar-refractivity contribution in [3.8, 4) is 0 Å². The highest BCUT2D eigenvalue weighted by Gasteiger charge is 2.35. The van der Waals surface area contributed by atoms with E-state index in [4.69, 9.17) is 0 Å². The molecule has 1 atom stereocenters. The Labute approximate surface area is 121 Å². The highest BCUT2D eigenvalue weighted by molar-refractivity contribution is 9.11. The minimum Gasteiger partial charge on any atom is -0.396 e. The van der Waals surface area contributed by atoms with Crippen molar-refractivity contribution in [2.24, 2.45) is 5.92 Å². The van der Waals surface area contributed by atoms with E-state index in [1.807, 2.05) is 6.92 Å². The van der Waals surface area contributed by atoms with E-state index < -0.39 is 10.0 Å². The van der Waals surface area contributed by atoms with Crippen molar-refractivity contribution in [2.75, 3.05) is 19.7 Å². The van der Waals surface area contributed by atoms with Crippen molar-refractivity contribution in [3.05, 3.63) is 40.4 Å². The third kappa shape index (κ3) is 2.91. The molecule has 0 spiro atoms. The van der Waals surface area contributed by atoms with Gasteiger partial charge in [-0.25, -0.2) is 8.42 Å². The van der Waals surface area contributed by atoms with Crippen LogP contribution in [0.4, 0.5) is 0 Å². The van der Waals surface area contributed by atoms with E-state index in [0.29, 0.717) is 18.0 Å². The highest BCUT2D eigenvalue weighted by Crippen LogP contribution is 2.28. The molecule has 19 heavy (non-hydrogen) atoms. The number of aliphatic hydroxyl groups is 1. The Morgan fingerprint density at radius 1 is 1.42 bits per heavy atom. The Balaban J connectivity index is 2.29. The van der Waals surface area contributed by atoms with Crippen molar-refractivity contribution in [3.63, 3.8) is 0 Å². The van der Waals surface area contributed by atoms with Crippen LogP contribution in [-0.2, 0) is 10.0 Å². The summed E-state index contributed by atoms with van der Waals surface area (Å²) in [7, 11) is -3.48. The predicted molar refractivity (Wildman–Crippen MR) is 77.5 cm³/mol. The summed E-state index contributed by atoms with van der Waals surface area (Å²) in [6.45, 7) is 2.52. The summed E-state index contributed by atoms with van der Waals surface area (Å²) >= 11 is 3.22. The summed E-state index contributed by atoms with van der Waals surface area (Å²) in [5.41, 5.74) is 1.92. The predicted octanol–water partition coefficient (Wildman–Crippen LogP) is 1.89. The van der Waals surface area contributed by atoms with Gasteiger partial charge in [0.05, 0.1) is 11.5 Å². The maximum absolute atomic E-state index is 12.5. The molecule has 1 aromatic rings. The first-order valence-corrected chi connectivity index (χ1v) is 8.31. The second-order valence-electron chi connectivity index (χ2n) is 4.67. The Morgan fingerprint density at radius 3 is 2.53 bits per heavy atom. The van der Waals surface area contributed by atoms with Gasteiger partial charge in [0.25, 0.3) is 0 Å². The fraction of sp³-hybridized carbons (Fsp3) is 0.385. The lowest BCUT2D eigenvalue weighted by Gasteiger charge is -2.15. The number of hydrogen-bond donors (Lipinski definition) is 1. The third-order valence-corrected chi connectivity index (χ3v) is 5.74. The number of hydrogen-bond acceptors (Lipinski definition) is 3. The van der Waals surface area contributed by atoms with E-state index in [-0.39, 0.29) is 12.5 Å². The number of benzene rings is 1. The number of aliphatic hydroxyl groups excluding tert-OH is 1. The van der Waals surface area contributed by atoms with E-state index in [1.54, 1.807) is 29.3 Å². The summed E-state index contributed by atoms with van der Waals surface area (Å²) in [6, 6.07) is 6.81. The van der Waals surface area contributed by atoms with Crippen LogP contribution in [-0.4, -0.2) is 37.5 Å². The lowest BCUT2D eigenvalue weighted by Crippen LogP contribution is -2.29. The number of sulfonamides is 1. The van der Waals surface area contributed by atoms with Crippen LogP contribution in [0.3, 0.4) is 0 Å². The quantitative estimate of drug-likeness (QED) is 0.909. The Kier molecular flexibility index (Phi) is 4.45. The second kappa shape index (κ2) is 5.75. The molecule has 1 unspecified atom stereocenters. The van der Waals surface area contributed by atoms with Gasteiger partial charge in [-0.3, -0.25) is 0 Å². The molecular formula is C13H16BrNO3S. The minimum absolute atomic E-state index is 0.0443. The number of halogens is 1. The van der Waals surface area contributed by atoms with Crippen LogP contribution in [0.5, 0.6) is 0 Å². The fourth-order valence-electron chi connectivity index (χ4n) is 2.10. The standard InChI is InChI=1S/C13H16BrNO3S/c1-10-2-4-13(5-3-10)19(17,18)15-7-11(6-14)12(8-15)9-16/h2-6,12,16H,7-9H2,1H3/b11-6+. The van der Waals surface area contributed by atoms with Crippen LogP contribution in [0.25, 0.3) is 0 Å². The first-order valence-electron chi connectivity index (χ1n) is 5.96. The van der Waals surface area contributed by atoms with Crippen LogP contribution in [0.2, 0.25) is 0 Å². The van der Waals surface area contributed by atoms with Crippen molar-refractivity contribution in [1.82, 2.24) is 4.31 Å². The van der Waals surface area contributed by atoms with Crippen molar-refractivity contribution >= 4 is 26.0 Å². The molecular weight excluding hydrogens is 330 g/mol. The van der Waals surface area contributed by atoms with Gasteiger partial charge in [0.15, 0.2) is 0 Å². The molecule has 0 radical (unpaired) electrons. The van der Waals surface area contributed by atoms with Gasteiger partial charge >= 0.3 is 0 Å². The molecule has 0 aromatic heterocycles. The average Bonchev–Trinajstić information content (AvgIpc) is 2.83. The van der Waals surface area contributed by atoms with Gasteiger partial charge in [-0.1, -0.05) is 33.6 Å². The van der Waals surface area contributed by atoms with Crippen LogP contribution in [0.1, 0.15) is 5.56 Å². The zero-order chi connectivity index (χ0) is 14.0. The van der Waals surface area contributed by atoms with Crippen LogP contribution >= 0.6 is 15.9 Å². The number of nitrogens with zero attached hydrogens (tertiary/aromatic N) is 1. The Morgan fingerprint density at radius 2 is 2.05 bits per heavy atom. The molecule has 1 aromatic carbocycles. The van der Waals surface area contributed by atoms with Crippen LogP contribution in [0.15, 0.2) is 39.7 Å². The molecule has 1 heterocycles. The first kappa shape index (κ1) is 14.7. The molecule has 6 heteroatoms. The normalized spacial score (nSPS) is 23.1.